The molecule has 3 heterocycles. The first-order valence-electron chi connectivity index (χ1n) is 9.42. The van der Waals surface area contributed by atoms with Crippen molar-refractivity contribution in [3.63, 3.8) is 0 Å². The Hall–Kier alpha value is -1.67. The number of thiazole rings is 2. The molecule has 2 aromatic heterocycles. The summed E-state index contributed by atoms with van der Waals surface area (Å²) in [5, 5.41) is 6.85. The number of nitrogens with one attached hydrogen (secondary N) is 1. The van der Waals surface area contributed by atoms with Gasteiger partial charge in [0.05, 0.1) is 5.69 Å². The summed E-state index contributed by atoms with van der Waals surface area (Å²) >= 11 is 3.32. The second-order valence-corrected chi connectivity index (χ2v) is 8.94. The van der Waals surface area contributed by atoms with Crippen molar-refractivity contribution in [2.24, 2.45) is 5.92 Å². The third-order valence-corrected chi connectivity index (χ3v) is 7.17. The van der Waals surface area contributed by atoms with Crippen LogP contribution in [0.5, 0.6) is 0 Å². The summed E-state index contributed by atoms with van der Waals surface area (Å²) in [6.45, 7) is 5.52. The number of urea groups is 1. The van der Waals surface area contributed by atoms with Gasteiger partial charge in [-0.15, -0.1) is 22.7 Å². The number of nitrogens with zero attached hydrogens (tertiary/aromatic N) is 4. The Labute approximate surface area is 162 Å². The van der Waals surface area contributed by atoms with Crippen molar-refractivity contribution in [3.8, 4) is 0 Å². The second-order valence-electron chi connectivity index (χ2n) is 6.98. The minimum atomic E-state index is -0.0240. The molecule has 1 aliphatic carbocycles. The van der Waals surface area contributed by atoms with Crippen LogP contribution in [0.15, 0.2) is 11.6 Å². The lowest BCUT2D eigenvalue weighted by molar-refractivity contribution is 0.215. The van der Waals surface area contributed by atoms with E-state index < -0.39 is 0 Å². The van der Waals surface area contributed by atoms with Gasteiger partial charge in [0.2, 0.25) is 0 Å². The van der Waals surface area contributed by atoms with E-state index in [-0.39, 0.29) is 6.03 Å². The number of carbonyl (C=O) groups is 1. The molecule has 140 valence electrons. The Morgan fingerprint density at radius 3 is 3.08 bits per heavy atom. The highest BCUT2D eigenvalue weighted by Gasteiger charge is 2.24. The molecule has 8 heteroatoms. The average molecular weight is 392 g/mol. The number of amides is 2. The molecule has 6 nitrogen and oxygen atoms in total. The summed E-state index contributed by atoms with van der Waals surface area (Å²) in [5.74, 6) is 0.772. The van der Waals surface area contributed by atoms with Gasteiger partial charge in [-0.1, -0.05) is 13.3 Å². The van der Waals surface area contributed by atoms with Crippen molar-refractivity contribution in [3.05, 3.63) is 22.1 Å². The SMILES string of the molecule is CCC1CCc2nc(NC(=O)N3CCCN(c4nccs4)CC3)sc2C1. The van der Waals surface area contributed by atoms with Crippen LogP contribution in [0.4, 0.5) is 15.1 Å². The van der Waals surface area contributed by atoms with Crippen molar-refractivity contribution >= 4 is 39.0 Å². The number of hydrogen-bond acceptors (Lipinski definition) is 6. The average Bonchev–Trinajstić information content (AvgIpc) is 3.25. The number of hydrogen-bond donors (Lipinski definition) is 1. The lowest BCUT2D eigenvalue weighted by Gasteiger charge is -2.21. The van der Waals surface area contributed by atoms with Crippen molar-refractivity contribution in [1.29, 1.82) is 0 Å². The molecule has 26 heavy (non-hydrogen) atoms. The minimum absolute atomic E-state index is 0.0240. The van der Waals surface area contributed by atoms with Gasteiger partial charge in [0.1, 0.15) is 0 Å². The smallest absolute Gasteiger partial charge is 0.323 e. The molecule has 0 radical (unpaired) electrons. The summed E-state index contributed by atoms with van der Waals surface area (Å²) in [5.41, 5.74) is 1.20. The molecule has 4 rings (SSSR count). The molecule has 1 unspecified atom stereocenters. The largest absolute Gasteiger partial charge is 0.346 e. The van der Waals surface area contributed by atoms with E-state index >= 15 is 0 Å². The minimum Gasteiger partial charge on any atom is -0.346 e. The lowest BCUT2D eigenvalue weighted by Crippen LogP contribution is -2.38. The van der Waals surface area contributed by atoms with Crippen molar-refractivity contribution in [2.75, 3.05) is 36.4 Å². The molecule has 0 bridgehead atoms. The number of rotatable bonds is 3. The normalized spacial score (nSPS) is 20.6. The fraction of sp³-hybridized carbons (Fsp3) is 0.611. The van der Waals surface area contributed by atoms with Gasteiger partial charge < -0.3 is 9.80 Å². The molecule has 0 aromatic carbocycles. The summed E-state index contributed by atoms with van der Waals surface area (Å²) in [4.78, 5) is 27.3. The standard InChI is InChI=1S/C18H25N5OS2/c1-2-13-4-5-14-15(12-13)26-16(20-14)21-17(24)22-7-3-8-23(10-9-22)18-19-6-11-25-18/h6,11,13H,2-5,7-10,12H2,1H3,(H,20,21,24). The maximum Gasteiger partial charge on any atom is 0.323 e. The molecule has 2 amide bonds. The maximum absolute atomic E-state index is 12.7. The fourth-order valence-corrected chi connectivity index (χ4v) is 5.51. The molecule has 1 atom stereocenters. The molecule has 2 aromatic rings. The van der Waals surface area contributed by atoms with Gasteiger partial charge in [-0.3, -0.25) is 5.32 Å². The van der Waals surface area contributed by atoms with Crippen LogP contribution in [-0.4, -0.2) is 47.1 Å². The van der Waals surface area contributed by atoms with E-state index in [1.54, 1.807) is 22.7 Å². The van der Waals surface area contributed by atoms with E-state index in [4.69, 9.17) is 0 Å². The van der Waals surface area contributed by atoms with Crippen LogP contribution in [-0.2, 0) is 12.8 Å². The van der Waals surface area contributed by atoms with Crippen molar-refractivity contribution < 1.29 is 4.79 Å². The number of anilines is 2. The first kappa shape index (κ1) is 17.7. The molecule has 1 aliphatic heterocycles. The predicted molar refractivity (Wildman–Crippen MR) is 107 cm³/mol. The monoisotopic (exact) mass is 391 g/mol. The number of fused-ring (bicyclic) bond motifs is 1. The topological polar surface area (TPSA) is 61.4 Å². The lowest BCUT2D eigenvalue weighted by atomic mass is 9.89. The highest BCUT2D eigenvalue weighted by Crippen LogP contribution is 2.33. The summed E-state index contributed by atoms with van der Waals surface area (Å²) in [7, 11) is 0. The second kappa shape index (κ2) is 7.92. The molecule has 0 spiro atoms. The zero-order valence-corrected chi connectivity index (χ0v) is 16.7. The molecular weight excluding hydrogens is 366 g/mol. The maximum atomic E-state index is 12.7. The van der Waals surface area contributed by atoms with Gasteiger partial charge >= 0.3 is 6.03 Å². The Kier molecular flexibility index (Phi) is 5.40. The van der Waals surface area contributed by atoms with Crippen LogP contribution < -0.4 is 10.2 Å². The molecule has 1 saturated heterocycles. The van der Waals surface area contributed by atoms with E-state index in [1.165, 1.54) is 23.4 Å². The van der Waals surface area contributed by atoms with Crippen LogP contribution in [0.2, 0.25) is 0 Å². The van der Waals surface area contributed by atoms with Gasteiger partial charge in [-0.05, 0) is 31.6 Å². The summed E-state index contributed by atoms with van der Waals surface area (Å²) in [6.07, 6.45) is 7.41. The van der Waals surface area contributed by atoms with Gasteiger partial charge in [-0.25, -0.2) is 14.8 Å². The number of carbonyl (C=O) groups excluding carboxylic acids is 1. The molecule has 1 fully saturated rings. The zero-order valence-electron chi connectivity index (χ0n) is 15.1. The third kappa shape index (κ3) is 3.86. The molecule has 0 saturated carbocycles. The van der Waals surface area contributed by atoms with Crippen molar-refractivity contribution in [2.45, 2.75) is 39.0 Å². The Balaban J connectivity index is 1.36. The quantitative estimate of drug-likeness (QED) is 0.863. The van der Waals surface area contributed by atoms with E-state index in [0.29, 0.717) is 6.54 Å². The van der Waals surface area contributed by atoms with Gasteiger partial charge in [0.15, 0.2) is 10.3 Å². The zero-order chi connectivity index (χ0) is 17.9. The highest BCUT2D eigenvalue weighted by atomic mass is 32.1. The first-order valence-corrected chi connectivity index (χ1v) is 11.1. The van der Waals surface area contributed by atoms with Crippen molar-refractivity contribution in [1.82, 2.24) is 14.9 Å². The van der Waals surface area contributed by atoms with Crippen LogP contribution in [0.1, 0.15) is 36.8 Å². The van der Waals surface area contributed by atoms with Crippen LogP contribution in [0, 0.1) is 5.92 Å². The Bertz CT molecular complexity index is 745. The van der Waals surface area contributed by atoms with Crippen LogP contribution >= 0.6 is 22.7 Å². The summed E-state index contributed by atoms with van der Waals surface area (Å²) < 4.78 is 0. The highest BCUT2D eigenvalue weighted by molar-refractivity contribution is 7.15. The van der Waals surface area contributed by atoms with E-state index in [9.17, 15) is 4.79 Å². The van der Waals surface area contributed by atoms with E-state index in [0.717, 1.165) is 55.1 Å². The van der Waals surface area contributed by atoms with E-state index in [2.05, 4.69) is 27.1 Å². The molecule has 1 N–H and O–H groups in total. The van der Waals surface area contributed by atoms with Gasteiger partial charge in [0, 0.05) is 42.6 Å². The first-order chi connectivity index (χ1) is 12.7. The van der Waals surface area contributed by atoms with Crippen LogP contribution in [0.25, 0.3) is 0 Å². The Morgan fingerprint density at radius 2 is 2.27 bits per heavy atom. The van der Waals surface area contributed by atoms with Crippen LogP contribution in [0.3, 0.4) is 0 Å². The number of aryl methyl sites for hydroxylation is 1. The fourth-order valence-electron chi connectivity index (χ4n) is 3.70. The Morgan fingerprint density at radius 1 is 1.35 bits per heavy atom. The van der Waals surface area contributed by atoms with Gasteiger partial charge in [-0.2, -0.15) is 0 Å². The molecule has 2 aliphatic rings. The number of aromatic nitrogens is 2. The summed E-state index contributed by atoms with van der Waals surface area (Å²) in [6, 6.07) is -0.0240. The third-order valence-electron chi connectivity index (χ3n) is 5.31. The predicted octanol–water partition coefficient (Wildman–Crippen LogP) is 3.86. The van der Waals surface area contributed by atoms with Gasteiger partial charge in [0.25, 0.3) is 0 Å². The molecular formula is C18H25N5OS2. The van der Waals surface area contributed by atoms with E-state index in [1.807, 2.05) is 16.5 Å².